The number of primary sulfonamides is 1. The van der Waals surface area contributed by atoms with Crippen molar-refractivity contribution in [2.24, 2.45) is 5.14 Å². The number of halogens is 2. The Morgan fingerprint density at radius 1 is 1.52 bits per heavy atom. The molecule has 0 saturated carbocycles. The Balaban J connectivity index is 2.40. The Kier molecular flexibility index (Phi) is 4.39. The number of amides is 1. The van der Waals surface area contributed by atoms with Gasteiger partial charge in [-0.2, -0.15) is 0 Å². The van der Waals surface area contributed by atoms with E-state index in [1.807, 2.05) is 0 Å². The van der Waals surface area contributed by atoms with Crippen molar-refractivity contribution in [3.63, 3.8) is 0 Å². The summed E-state index contributed by atoms with van der Waals surface area (Å²) in [6.45, 7) is 2.59. The zero-order chi connectivity index (χ0) is 15.8. The van der Waals surface area contributed by atoms with Crippen LogP contribution in [0.2, 0.25) is 0 Å². The molecule has 1 aromatic carbocycles. The molecule has 1 unspecified atom stereocenters. The molecule has 0 bridgehead atoms. The molecule has 0 radical (unpaired) electrons. The van der Waals surface area contributed by atoms with Crippen LogP contribution >= 0.6 is 15.9 Å². The van der Waals surface area contributed by atoms with E-state index in [4.69, 9.17) is 9.88 Å². The SMILES string of the molecule is CC1(NC(=O)c2cc(Br)cc(S(N)(=O)=O)c2F)CCOC1. The summed E-state index contributed by atoms with van der Waals surface area (Å²) in [5.74, 6) is -1.88. The van der Waals surface area contributed by atoms with Crippen molar-refractivity contribution >= 4 is 31.9 Å². The predicted octanol–water partition coefficient (Wildman–Crippen LogP) is 1.14. The molecular weight excluding hydrogens is 367 g/mol. The van der Waals surface area contributed by atoms with Crippen LogP contribution in [0.1, 0.15) is 23.7 Å². The lowest BCUT2D eigenvalue weighted by atomic mass is 10.0. The minimum absolute atomic E-state index is 0.242. The molecule has 0 aromatic heterocycles. The van der Waals surface area contributed by atoms with Gasteiger partial charge < -0.3 is 10.1 Å². The maximum absolute atomic E-state index is 14.2. The molecule has 6 nitrogen and oxygen atoms in total. The van der Waals surface area contributed by atoms with E-state index in [0.29, 0.717) is 19.6 Å². The van der Waals surface area contributed by atoms with Crippen molar-refractivity contribution in [3.05, 3.63) is 28.0 Å². The van der Waals surface area contributed by atoms with Crippen LogP contribution in [0.4, 0.5) is 4.39 Å². The van der Waals surface area contributed by atoms with Gasteiger partial charge in [0.15, 0.2) is 5.82 Å². The number of sulfonamides is 1. The first-order chi connectivity index (χ1) is 9.62. The van der Waals surface area contributed by atoms with E-state index < -0.39 is 32.2 Å². The minimum Gasteiger partial charge on any atom is -0.379 e. The number of ether oxygens (including phenoxy) is 1. The molecule has 1 aliphatic heterocycles. The number of rotatable bonds is 3. The standard InChI is InChI=1S/C12H14BrFN2O4S/c1-12(2-3-20-6-12)16-11(17)8-4-7(13)5-9(10(8)14)21(15,18)19/h4-5H,2-3,6H2,1H3,(H,16,17)(H2,15,18,19). The maximum atomic E-state index is 14.2. The van der Waals surface area contributed by atoms with E-state index in [1.54, 1.807) is 6.92 Å². The van der Waals surface area contributed by atoms with E-state index in [1.165, 1.54) is 6.07 Å². The van der Waals surface area contributed by atoms with E-state index in [0.717, 1.165) is 6.07 Å². The third-order valence-corrected chi connectivity index (χ3v) is 4.56. The number of carbonyl (C=O) groups excluding carboxylic acids is 1. The number of hydrogen-bond acceptors (Lipinski definition) is 4. The van der Waals surface area contributed by atoms with Gasteiger partial charge in [0, 0.05) is 11.1 Å². The normalized spacial score (nSPS) is 22.3. The van der Waals surface area contributed by atoms with Crippen LogP contribution in [0.15, 0.2) is 21.5 Å². The lowest BCUT2D eigenvalue weighted by Crippen LogP contribution is -2.46. The topological polar surface area (TPSA) is 98.5 Å². The minimum atomic E-state index is -4.26. The first-order valence-corrected chi connectivity index (χ1v) is 8.38. The number of hydrogen-bond donors (Lipinski definition) is 2. The van der Waals surface area contributed by atoms with E-state index in [-0.39, 0.29) is 10.0 Å². The summed E-state index contributed by atoms with van der Waals surface area (Å²) in [5, 5.41) is 7.60. The number of carbonyl (C=O) groups is 1. The van der Waals surface area contributed by atoms with Crippen molar-refractivity contribution in [2.45, 2.75) is 23.8 Å². The van der Waals surface area contributed by atoms with E-state index in [9.17, 15) is 17.6 Å². The lowest BCUT2D eigenvalue weighted by molar-refractivity contribution is 0.0885. The van der Waals surface area contributed by atoms with Crippen LogP contribution in [-0.4, -0.2) is 33.1 Å². The zero-order valence-electron chi connectivity index (χ0n) is 11.2. The fourth-order valence-corrected chi connectivity index (χ4v) is 3.30. The van der Waals surface area contributed by atoms with Crippen molar-refractivity contribution in [1.29, 1.82) is 0 Å². The van der Waals surface area contributed by atoms with Crippen molar-refractivity contribution in [1.82, 2.24) is 5.32 Å². The lowest BCUT2D eigenvalue weighted by Gasteiger charge is -2.23. The van der Waals surface area contributed by atoms with Gasteiger partial charge in [0.25, 0.3) is 5.91 Å². The van der Waals surface area contributed by atoms with Gasteiger partial charge in [-0.3, -0.25) is 4.79 Å². The number of benzene rings is 1. The molecule has 1 saturated heterocycles. The molecule has 1 aromatic rings. The average Bonchev–Trinajstić information content (AvgIpc) is 2.76. The molecule has 116 valence electrons. The molecule has 1 heterocycles. The highest BCUT2D eigenvalue weighted by atomic mass is 79.9. The Bertz CT molecular complexity index is 687. The highest BCUT2D eigenvalue weighted by Gasteiger charge is 2.33. The van der Waals surface area contributed by atoms with Crippen molar-refractivity contribution in [2.75, 3.05) is 13.2 Å². The van der Waals surface area contributed by atoms with Crippen molar-refractivity contribution in [3.8, 4) is 0 Å². The monoisotopic (exact) mass is 380 g/mol. The Morgan fingerprint density at radius 3 is 2.71 bits per heavy atom. The van der Waals surface area contributed by atoms with Crippen LogP contribution in [0.3, 0.4) is 0 Å². The van der Waals surface area contributed by atoms with Crippen LogP contribution < -0.4 is 10.5 Å². The van der Waals surface area contributed by atoms with Crippen LogP contribution in [0.25, 0.3) is 0 Å². The summed E-state index contributed by atoms with van der Waals surface area (Å²) >= 11 is 3.04. The van der Waals surface area contributed by atoms with Gasteiger partial charge in [0.1, 0.15) is 4.90 Å². The smallest absolute Gasteiger partial charge is 0.254 e. The molecule has 0 aliphatic carbocycles. The predicted molar refractivity (Wildman–Crippen MR) is 76.8 cm³/mol. The van der Waals surface area contributed by atoms with Gasteiger partial charge in [-0.15, -0.1) is 0 Å². The quantitative estimate of drug-likeness (QED) is 0.821. The summed E-state index contributed by atoms with van der Waals surface area (Å²) in [5.41, 5.74) is -0.991. The number of nitrogens with two attached hydrogens (primary N) is 1. The van der Waals surface area contributed by atoms with Crippen molar-refractivity contribution < 1.29 is 22.3 Å². The van der Waals surface area contributed by atoms with Gasteiger partial charge in [-0.1, -0.05) is 15.9 Å². The Hall–Kier alpha value is -1.03. The molecule has 3 N–H and O–H groups in total. The van der Waals surface area contributed by atoms with Gasteiger partial charge >= 0.3 is 0 Å². The number of nitrogens with one attached hydrogen (secondary N) is 1. The second-order valence-corrected chi connectivity index (χ2v) is 7.57. The molecule has 1 fully saturated rings. The fraction of sp³-hybridized carbons (Fsp3) is 0.417. The largest absolute Gasteiger partial charge is 0.379 e. The van der Waals surface area contributed by atoms with Gasteiger partial charge in [-0.05, 0) is 25.5 Å². The van der Waals surface area contributed by atoms with E-state index in [2.05, 4.69) is 21.2 Å². The fourth-order valence-electron chi connectivity index (χ4n) is 2.04. The Morgan fingerprint density at radius 2 is 2.19 bits per heavy atom. The molecular formula is C12H14BrFN2O4S. The molecule has 1 amide bonds. The highest BCUT2D eigenvalue weighted by Crippen LogP contribution is 2.25. The second kappa shape index (κ2) is 5.64. The average molecular weight is 381 g/mol. The first-order valence-electron chi connectivity index (χ1n) is 6.04. The first kappa shape index (κ1) is 16.3. The molecule has 2 rings (SSSR count). The highest BCUT2D eigenvalue weighted by molar-refractivity contribution is 9.10. The summed E-state index contributed by atoms with van der Waals surface area (Å²) in [6.07, 6.45) is 0.594. The third-order valence-electron chi connectivity index (χ3n) is 3.19. The summed E-state index contributed by atoms with van der Waals surface area (Å²) in [6, 6.07) is 2.22. The van der Waals surface area contributed by atoms with Gasteiger partial charge in [0.2, 0.25) is 10.0 Å². The Labute approximate surface area is 130 Å². The third kappa shape index (κ3) is 3.60. The molecule has 1 atom stereocenters. The van der Waals surface area contributed by atoms with Crippen LogP contribution in [0, 0.1) is 5.82 Å². The van der Waals surface area contributed by atoms with E-state index >= 15 is 0 Å². The molecule has 0 spiro atoms. The zero-order valence-corrected chi connectivity index (χ0v) is 13.6. The molecule has 21 heavy (non-hydrogen) atoms. The van der Waals surface area contributed by atoms with Gasteiger partial charge in [0.05, 0.1) is 17.7 Å². The molecule has 9 heteroatoms. The summed E-state index contributed by atoms with van der Waals surface area (Å²) in [7, 11) is -4.26. The molecule has 1 aliphatic rings. The summed E-state index contributed by atoms with van der Waals surface area (Å²) in [4.78, 5) is 11.5. The summed E-state index contributed by atoms with van der Waals surface area (Å²) < 4.78 is 42.4. The van der Waals surface area contributed by atoms with Gasteiger partial charge in [-0.25, -0.2) is 17.9 Å². The maximum Gasteiger partial charge on any atom is 0.254 e. The second-order valence-electron chi connectivity index (χ2n) is 5.13. The van der Waals surface area contributed by atoms with Crippen LogP contribution in [0.5, 0.6) is 0 Å². The van der Waals surface area contributed by atoms with Crippen LogP contribution in [-0.2, 0) is 14.8 Å².